The van der Waals surface area contributed by atoms with Gasteiger partial charge < -0.3 is 4.90 Å². The Balaban J connectivity index is 1.69. The Morgan fingerprint density at radius 3 is 2.08 bits per heavy atom. The SMILES string of the molecule is O=C(CC1CCN(C(=O)C(F)(F)F)CC1)c1ccc(/C=C/C(c2cc(Cl)c(Cl)c(Cl)c2)C(F)(F)F)cc1Br. The summed E-state index contributed by atoms with van der Waals surface area (Å²) in [5.41, 5.74) is 0.481. The van der Waals surface area contributed by atoms with E-state index in [1.54, 1.807) is 0 Å². The Morgan fingerprint density at radius 1 is 1.00 bits per heavy atom. The molecule has 1 aliphatic heterocycles. The first-order chi connectivity index (χ1) is 17.6. The molecule has 0 N–H and O–H groups in total. The molecule has 0 saturated carbocycles. The van der Waals surface area contributed by atoms with Crippen LogP contribution in [0.15, 0.2) is 40.9 Å². The van der Waals surface area contributed by atoms with Crippen LogP contribution in [-0.2, 0) is 4.79 Å². The van der Waals surface area contributed by atoms with Gasteiger partial charge in [-0.05, 0) is 54.2 Å². The van der Waals surface area contributed by atoms with Gasteiger partial charge in [-0.3, -0.25) is 9.59 Å². The monoisotopic (exact) mass is 663 g/mol. The maximum atomic E-state index is 13.8. The van der Waals surface area contributed by atoms with Crippen molar-refractivity contribution in [3.8, 4) is 0 Å². The van der Waals surface area contributed by atoms with Gasteiger partial charge in [0.25, 0.3) is 0 Å². The lowest BCUT2D eigenvalue weighted by atomic mass is 9.89. The summed E-state index contributed by atoms with van der Waals surface area (Å²) in [5.74, 6) is -4.38. The number of Topliss-reactive ketones (excluding diaryl/α,β-unsaturated/α-hetero) is 1. The van der Waals surface area contributed by atoms with Gasteiger partial charge in [0.05, 0.1) is 21.0 Å². The topological polar surface area (TPSA) is 37.4 Å². The molecule has 0 radical (unpaired) electrons. The highest BCUT2D eigenvalue weighted by Crippen LogP contribution is 2.41. The molecule has 0 spiro atoms. The minimum atomic E-state index is -4.93. The lowest BCUT2D eigenvalue weighted by Crippen LogP contribution is -2.45. The zero-order chi connectivity index (χ0) is 28.4. The predicted molar refractivity (Wildman–Crippen MR) is 138 cm³/mol. The molecular weight excluding hydrogens is 647 g/mol. The Kier molecular flexibility index (Phi) is 9.87. The van der Waals surface area contributed by atoms with Crippen molar-refractivity contribution >= 4 is 68.5 Å². The van der Waals surface area contributed by atoms with E-state index in [-0.39, 0.29) is 64.7 Å². The van der Waals surface area contributed by atoms with Crippen LogP contribution in [0, 0.1) is 5.92 Å². The third-order valence-electron chi connectivity index (χ3n) is 6.11. The Labute approximate surface area is 237 Å². The summed E-state index contributed by atoms with van der Waals surface area (Å²) in [5, 5.41) is -0.272. The van der Waals surface area contributed by atoms with Gasteiger partial charge in [-0.25, -0.2) is 0 Å². The minimum absolute atomic E-state index is 0.0495. The predicted octanol–water partition coefficient (Wildman–Crippen LogP) is 9.14. The summed E-state index contributed by atoms with van der Waals surface area (Å²) in [6, 6.07) is 6.63. The van der Waals surface area contributed by atoms with Gasteiger partial charge in [0.1, 0.15) is 0 Å². The molecular formula is C25H19BrCl3F6NO2. The molecule has 2 aromatic rings. The molecule has 0 aromatic heterocycles. The Hall–Kier alpha value is -1.75. The number of likely N-dealkylation sites (tertiary alicyclic amines) is 1. The molecule has 2 aromatic carbocycles. The number of amides is 1. The highest BCUT2D eigenvalue weighted by atomic mass is 79.9. The van der Waals surface area contributed by atoms with Crippen molar-refractivity contribution in [3.05, 3.63) is 72.6 Å². The van der Waals surface area contributed by atoms with Crippen LogP contribution in [0.25, 0.3) is 6.08 Å². The second-order valence-electron chi connectivity index (χ2n) is 8.78. The van der Waals surface area contributed by atoms with Crippen LogP contribution in [0.5, 0.6) is 0 Å². The van der Waals surface area contributed by atoms with Crippen molar-refractivity contribution in [3.63, 3.8) is 0 Å². The minimum Gasteiger partial charge on any atom is -0.335 e. The van der Waals surface area contributed by atoms with Gasteiger partial charge in [0.2, 0.25) is 0 Å². The van der Waals surface area contributed by atoms with Crippen LogP contribution >= 0.6 is 50.7 Å². The fourth-order valence-corrected chi connectivity index (χ4v) is 5.35. The third kappa shape index (κ3) is 7.67. The third-order valence-corrected chi connectivity index (χ3v) is 7.96. The summed E-state index contributed by atoms with van der Waals surface area (Å²) in [6.07, 6.45) is -6.82. The number of ketones is 1. The largest absolute Gasteiger partial charge is 0.471 e. The summed E-state index contributed by atoms with van der Waals surface area (Å²) in [7, 11) is 0. The molecule has 3 nitrogen and oxygen atoms in total. The highest BCUT2D eigenvalue weighted by molar-refractivity contribution is 9.10. The number of alkyl halides is 6. The van der Waals surface area contributed by atoms with Crippen LogP contribution in [0.3, 0.4) is 0 Å². The Morgan fingerprint density at radius 2 is 1.58 bits per heavy atom. The molecule has 1 heterocycles. The van der Waals surface area contributed by atoms with Crippen LogP contribution in [0.4, 0.5) is 26.3 Å². The molecule has 1 aliphatic rings. The number of piperidine rings is 1. The number of carbonyl (C=O) groups excluding carboxylic acids is 2. The maximum Gasteiger partial charge on any atom is 0.471 e. The van der Waals surface area contributed by atoms with E-state index in [1.807, 2.05) is 0 Å². The van der Waals surface area contributed by atoms with Crippen LogP contribution in [-0.4, -0.2) is 42.0 Å². The number of hydrogen-bond acceptors (Lipinski definition) is 2. The van der Waals surface area contributed by atoms with Gasteiger partial charge >= 0.3 is 18.3 Å². The van der Waals surface area contributed by atoms with Gasteiger partial charge in [-0.15, -0.1) is 0 Å². The van der Waals surface area contributed by atoms with Gasteiger partial charge in [-0.2, -0.15) is 26.3 Å². The molecule has 1 unspecified atom stereocenters. The van der Waals surface area contributed by atoms with Crippen molar-refractivity contribution in [2.75, 3.05) is 13.1 Å². The average molecular weight is 666 g/mol. The molecule has 0 aliphatic carbocycles. The molecule has 38 heavy (non-hydrogen) atoms. The standard InChI is InChI=1S/C25H19BrCl3F6NO2/c26-18-9-13(2-4-17(24(30,31)32)15-11-19(27)22(29)20(28)12-15)1-3-16(18)21(37)10-14-5-7-36(8-6-14)23(38)25(33,34)35/h1-4,9,11-12,14,17H,5-8,10H2/b4-2+. The number of benzene rings is 2. The van der Waals surface area contributed by atoms with E-state index in [4.69, 9.17) is 34.8 Å². The van der Waals surface area contributed by atoms with E-state index in [0.717, 1.165) is 23.1 Å². The zero-order valence-electron chi connectivity index (χ0n) is 19.3. The van der Waals surface area contributed by atoms with E-state index in [0.29, 0.717) is 15.6 Å². The van der Waals surface area contributed by atoms with Gasteiger partial charge in [0, 0.05) is 29.5 Å². The van der Waals surface area contributed by atoms with Crippen molar-refractivity contribution in [2.24, 2.45) is 5.92 Å². The first kappa shape index (κ1) is 30.8. The molecule has 1 fully saturated rings. The van der Waals surface area contributed by atoms with Gasteiger partial charge in [-0.1, -0.05) is 69.0 Å². The molecule has 1 saturated heterocycles. The fourth-order valence-electron chi connectivity index (χ4n) is 4.12. The first-order valence-electron chi connectivity index (χ1n) is 11.2. The molecule has 13 heteroatoms. The van der Waals surface area contributed by atoms with Crippen molar-refractivity contribution in [2.45, 2.75) is 37.5 Å². The average Bonchev–Trinajstić information content (AvgIpc) is 2.81. The van der Waals surface area contributed by atoms with E-state index in [9.17, 15) is 35.9 Å². The van der Waals surface area contributed by atoms with E-state index >= 15 is 0 Å². The normalized spacial score (nSPS) is 16.2. The van der Waals surface area contributed by atoms with Crippen molar-refractivity contribution in [1.29, 1.82) is 0 Å². The Bertz CT molecular complexity index is 1220. The number of rotatable bonds is 6. The smallest absolute Gasteiger partial charge is 0.335 e. The molecule has 1 amide bonds. The number of allylic oxidation sites excluding steroid dienone is 1. The summed E-state index contributed by atoms with van der Waals surface area (Å²) < 4.78 is 79.5. The molecule has 1 atom stereocenters. The zero-order valence-corrected chi connectivity index (χ0v) is 23.1. The highest BCUT2D eigenvalue weighted by Gasteiger charge is 2.43. The lowest BCUT2D eigenvalue weighted by Gasteiger charge is -2.32. The van der Waals surface area contributed by atoms with Crippen LogP contribution in [0.1, 0.15) is 46.7 Å². The van der Waals surface area contributed by atoms with E-state index < -0.39 is 24.2 Å². The van der Waals surface area contributed by atoms with Crippen molar-refractivity contribution in [1.82, 2.24) is 4.90 Å². The number of carbonyl (C=O) groups is 2. The quantitative estimate of drug-likeness (QED) is 0.175. The fraction of sp³-hybridized carbons (Fsp3) is 0.360. The van der Waals surface area contributed by atoms with Crippen LogP contribution in [0.2, 0.25) is 15.1 Å². The van der Waals surface area contributed by atoms with Gasteiger partial charge in [0.15, 0.2) is 5.78 Å². The summed E-state index contributed by atoms with van der Waals surface area (Å²) in [6.45, 7) is -0.183. The second kappa shape index (κ2) is 12.2. The molecule has 206 valence electrons. The number of nitrogens with zero attached hydrogens (tertiary/aromatic N) is 1. The number of halogens is 10. The van der Waals surface area contributed by atoms with E-state index in [1.165, 1.54) is 24.3 Å². The van der Waals surface area contributed by atoms with E-state index in [2.05, 4.69) is 15.9 Å². The second-order valence-corrected chi connectivity index (χ2v) is 10.8. The molecule has 3 rings (SSSR count). The number of hydrogen-bond donors (Lipinski definition) is 0. The molecule has 0 bridgehead atoms. The summed E-state index contributed by atoms with van der Waals surface area (Å²) >= 11 is 20.9. The maximum absolute atomic E-state index is 13.8. The lowest BCUT2D eigenvalue weighted by molar-refractivity contribution is -0.186. The summed E-state index contributed by atoms with van der Waals surface area (Å²) in [4.78, 5) is 24.9. The van der Waals surface area contributed by atoms with Crippen molar-refractivity contribution < 1.29 is 35.9 Å². The first-order valence-corrected chi connectivity index (χ1v) is 13.1. The van der Waals surface area contributed by atoms with Crippen LogP contribution < -0.4 is 0 Å².